The number of hydrogen-bond acceptors (Lipinski definition) is 3. The Hall–Kier alpha value is -2.11. The van der Waals surface area contributed by atoms with Crippen molar-refractivity contribution in [3.8, 4) is 11.8 Å². The quantitative estimate of drug-likeness (QED) is 0.400. The lowest BCUT2D eigenvalue weighted by Crippen LogP contribution is -2.41. The van der Waals surface area contributed by atoms with Gasteiger partial charge < -0.3 is 14.2 Å². The zero-order chi connectivity index (χ0) is 18.7. The molecule has 0 aliphatic carbocycles. The standard InChI is InChI=1S/C20H20IN3O2/c1-14-11-16(15(2)24(14)19-5-3-18(21)4-6-19)12-17(13-22)20(25)23-7-9-26-10-8-23/h3-6,11-12H,7-10H2,1-2H3. The van der Waals surface area contributed by atoms with E-state index in [4.69, 9.17) is 4.74 Å². The van der Waals surface area contributed by atoms with Gasteiger partial charge in [-0.2, -0.15) is 5.26 Å². The van der Waals surface area contributed by atoms with Crippen molar-refractivity contribution in [2.24, 2.45) is 0 Å². The third-order valence-corrected chi connectivity index (χ3v) is 5.22. The average molecular weight is 461 g/mol. The molecule has 26 heavy (non-hydrogen) atoms. The monoisotopic (exact) mass is 461 g/mol. The second kappa shape index (κ2) is 8.06. The first-order chi connectivity index (χ1) is 12.5. The highest BCUT2D eigenvalue weighted by molar-refractivity contribution is 14.1. The van der Waals surface area contributed by atoms with E-state index in [1.165, 1.54) is 3.57 Å². The molecule has 6 heteroatoms. The summed E-state index contributed by atoms with van der Waals surface area (Å²) in [6.45, 7) is 6.12. The Morgan fingerprint density at radius 1 is 1.23 bits per heavy atom. The molecule has 1 aromatic carbocycles. The minimum absolute atomic E-state index is 0.162. The fourth-order valence-corrected chi connectivity index (χ4v) is 3.51. The molecule has 0 N–H and O–H groups in total. The normalized spacial score (nSPS) is 15.0. The van der Waals surface area contributed by atoms with E-state index in [0.717, 1.165) is 22.6 Å². The number of nitrogens with zero attached hydrogens (tertiary/aromatic N) is 3. The number of morpholine rings is 1. The van der Waals surface area contributed by atoms with Crippen LogP contribution in [0.1, 0.15) is 17.0 Å². The molecule has 0 spiro atoms. The Kier molecular flexibility index (Phi) is 5.79. The first-order valence-electron chi connectivity index (χ1n) is 8.45. The first-order valence-corrected chi connectivity index (χ1v) is 9.53. The van der Waals surface area contributed by atoms with Crippen molar-refractivity contribution in [2.45, 2.75) is 13.8 Å². The Labute approximate surface area is 167 Å². The summed E-state index contributed by atoms with van der Waals surface area (Å²) < 4.78 is 8.59. The van der Waals surface area contributed by atoms with Gasteiger partial charge in [0.1, 0.15) is 11.6 Å². The van der Waals surface area contributed by atoms with Crippen LogP contribution in [0.2, 0.25) is 0 Å². The molecular weight excluding hydrogens is 441 g/mol. The summed E-state index contributed by atoms with van der Waals surface area (Å²) in [5.74, 6) is -0.227. The minimum atomic E-state index is -0.227. The first kappa shape index (κ1) is 18.7. The van der Waals surface area contributed by atoms with Crippen LogP contribution in [0, 0.1) is 28.7 Å². The van der Waals surface area contributed by atoms with Gasteiger partial charge in [0.2, 0.25) is 0 Å². The predicted octanol–water partition coefficient (Wildman–Crippen LogP) is 3.46. The molecule has 2 heterocycles. The molecule has 0 unspecified atom stereocenters. The Balaban J connectivity index is 1.94. The summed E-state index contributed by atoms with van der Waals surface area (Å²) in [6, 6.07) is 12.3. The number of aryl methyl sites for hydroxylation is 1. The zero-order valence-corrected chi connectivity index (χ0v) is 17.0. The fourth-order valence-electron chi connectivity index (χ4n) is 3.16. The van der Waals surface area contributed by atoms with Crippen LogP contribution in [-0.4, -0.2) is 41.7 Å². The summed E-state index contributed by atoms with van der Waals surface area (Å²) in [5.41, 5.74) is 4.18. The van der Waals surface area contributed by atoms with Gasteiger partial charge in [-0.1, -0.05) is 0 Å². The van der Waals surface area contributed by atoms with Gasteiger partial charge in [0.25, 0.3) is 5.91 Å². The van der Waals surface area contributed by atoms with E-state index < -0.39 is 0 Å². The molecule has 1 aliphatic heterocycles. The molecule has 1 fully saturated rings. The highest BCUT2D eigenvalue weighted by Crippen LogP contribution is 2.24. The van der Waals surface area contributed by atoms with Gasteiger partial charge in [0, 0.05) is 33.7 Å². The number of benzene rings is 1. The molecule has 0 atom stereocenters. The summed E-state index contributed by atoms with van der Waals surface area (Å²) in [4.78, 5) is 14.3. The largest absolute Gasteiger partial charge is 0.378 e. The molecule has 2 aromatic rings. The van der Waals surface area contributed by atoms with Gasteiger partial charge in [0.15, 0.2) is 0 Å². The molecular formula is C20H20IN3O2. The van der Waals surface area contributed by atoms with E-state index in [1.54, 1.807) is 11.0 Å². The Morgan fingerprint density at radius 2 is 1.88 bits per heavy atom. The lowest BCUT2D eigenvalue weighted by atomic mass is 10.1. The molecule has 0 saturated carbocycles. The summed E-state index contributed by atoms with van der Waals surface area (Å²) in [7, 11) is 0. The van der Waals surface area contributed by atoms with Gasteiger partial charge >= 0.3 is 0 Å². The van der Waals surface area contributed by atoms with Crippen LogP contribution in [0.15, 0.2) is 35.9 Å². The van der Waals surface area contributed by atoms with Crippen molar-refractivity contribution < 1.29 is 9.53 Å². The topological polar surface area (TPSA) is 58.3 Å². The van der Waals surface area contributed by atoms with Crippen molar-refractivity contribution >= 4 is 34.6 Å². The molecule has 0 radical (unpaired) electrons. The van der Waals surface area contributed by atoms with Crippen molar-refractivity contribution in [2.75, 3.05) is 26.3 Å². The van der Waals surface area contributed by atoms with Crippen LogP contribution in [0.3, 0.4) is 0 Å². The second-order valence-electron chi connectivity index (χ2n) is 6.21. The number of carbonyl (C=O) groups excluding carboxylic acids is 1. The third kappa shape index (κ3) is 3.84. The van der Waals surface area contributed by atoms with Gasteiger partial charge in [-0.15, -0.1) is 0 Å². The van der Waals surface area contributed by atoms with Gasteiger partial charge in [-0.05, 0) is 78.4 Å². The highest BCUT2D eigenvalue weighted by Gasteiger charge is 2.21. The van der Waals surface area contributed by atoms with E-state index in [-0.39, 0.29) is 11.5 Å². The number of carbonyl (C=O) groups is 1. The van der Waals surface area contributed by atoms with Gasteiger partial charge in [-0.3, -0.25) is 4.79 Å². The van der Waals surface area contributed by atoms with Gasteiger partial charge in [0.05, 0.1) is 13.2 Å². The number of ether oxygens (including phenoxy) is 1. The van der Waals surface area contributed by atoms with Crippen molar-refractivity contribution in [1.29, 1.82) is 5.26 Å². The summed E-state index contributed by atoms with van der Waals surface area (Å²) in [5, 5.41) is 9.50. The molecule has 1 saturated heterocycles. The van der Waals surface area contributed by atoms with Crippen LogP contribution in [0.25, 0.3) is 11.8 Å². The molecule has 1 aromatic heterocycles. The average Bonchev–Trinajstić information content (AvgIpc) is 2.94. The van der Waals surface area contributed by atoms with Crippen LogP contribution in [-0.2, 0) is 9.53 Å². The van der Waals surface area contributed by atoms with Crippen molar-refractivity contribution in [1.82, 2.24) is 9.47 Å². The maximum Gasteiger partial charge on any atom is 0.264 e. The molecule has 3 rings (SSSR count). The smallest absolute Gasteiger partial charge is 0.264 e. The Bertz CT molecular complexity index is 885. The SMILES string of the molecule is Cc1cc(C=C(C#N)C(=O)N2CCOCC2)c(C)n1-c1ccc(I)cc1. The Morgan fingerprint density at radius 3 is 2.50 bits per heavy atom. The molecule has 1 aliphatic rings. The van der Waals surface area contributed by atoms with E-state index in [9.17, 15) is 10.1 Å². The van der Waals surface area contributed by atoms with Gasteiger partial charge in [-0.25, -0.2) is 0 Å². The number of aromatic nitrogens is 1. The minimum Gasteiger partial charge on any atom is -0.378 e. The number of rotatable bonds is 3. The van der Waals surface area contributed by atoms with Crippen LogP contribution in [0.5, 0.6) is 0 Å². The van der Waals surface area contributed by atoms with Crippen molar-refractivity contribution in [3.63, 3.8) is 0 Å². The second-order valence-corrected chi connectivity index (χ2v) is 7.46. The lowest BCUT2D eigenvalue weighted by molar-refractivity contribution is -0.130. The lowest BCUT2D eigenvalue weighted by Gasteiger charge is -2.26. The fraction of sp³-hybridized carbons (Fsp3) is 0.300. The highest BCUT2D eigenvalue weighted by atomic mass is 127. The molecule has 5 nitrogen and oxygen atoms in total. The zero-order valence-electron chi connectivity index (χ0n) is 14.8. The van der Waals surface area contributed by atoms with E-state index in [0.29, 0.717) is 26.3 Å². The van der Waals surface area contributed by atoms with Crippen LogP contribution in [0.4, 0.5) is 0 Å². The third-order valence-electron chi connectivity index (χ3n) is 4.50. The number of hydrogen-bond donors (Lipinski definition) is 0. The van der Waals surface area contributed by atoms with Crippen LogP contribution < -0.4 is 0 Å². The molecule has 1 amide bonds. The molecule has 0 bridgehead atoms. The predicted molar refractivity (Wildman–Crippen MR) is 109 cm³/mol. The molecule has 134 valence electrons. The van der Waals surface area contributed by atoms with E-state index in [1.807, 2.05) is 19.9 Å². The number of halogens is 1. The maximum atomic E-state index is 12.6. The summed E-state index contributed by atoms with van der Waals surface area (Å²) >= 11 is 2.28. The van der Waals surface area contributed by atoms with E-state index >= 15 is 0 Å². The van der Waals surface area contributed by atoms with Crippen molar-refractivity contribution in [3.05, 3.63) is 56.4 Å². The number of nitriles is 1. The van der Waals surface area contributed by atoms with E-state index in [2.05, 4.69) is 57.5 Å². The maximum absolute atomic E-state index is 12.6. The van der Waals surface area contributed by atoms with Crippen LogP contribution >= 0.6 is 22.6 Å². The number of amides is 1. The summed E-state index contributed by atoms with van der Waals surface area (Å²) in [6.07, 6.45) is 1.70.